The number of urea groups is 1. The number of nitrogens with one attached hydrogen (secondary N) is 3. The summed E-state index contributed by atoms with van der Waals surface area (Å²) in [7, 11) is 0. The Hall–Kier alpha value is -1.10. The molecule has 0 saturated carbocycles. The topological polar surface area (TPSA) is 91.0 Å². The Kier molecular flexibility index (Phi) is 2.62. The van der Waals surface area contributed by atoms with E-state index in [0.717, 1.165) is 6.34 Å². The molecule has 0 aliphatic heterocycles. The summed E-state index contributed by atoms with van der Waals surface area (Å²) in [5.41, 5.74) is 1.76. The van der Waals surface area contributed by atoms with E-state index in [0.29, 0.717) is 0 Å². The first kappa shape index (κ1) is 5.90. The molecule has 5 N–H and O–H groups in total. The lowest BCUT2D eigenvalue weighted by Gasteiger charge is -1.91. The molecular weight excluding hydrogens is 96.0 g/mol. The van der Waals surface area contributed by atoms with Crippen LogP contribution in [0.3, 0.4) is 0 Å². The minimum Gasteiger partial charge on any atom is -0.298 e. The molecule has 0 heterocycles. The average Bonchev–Trinajstić information content (AvgIpc) is 1.68. The van der Waals surface area contributed by atoms with Gasteiger partial charge < -0.3 is 0 Å². The van der Waals surface area contributed by atoms with Crippen LogP contribution in [-0.4, -0.2) is 12.4 Å². The zero-order chi connectivity index (χ0) is 5.70. The first-order valence-corrected chi connectivity index (χ1v) is 1.57. The van der Waals surface area contributed by atoms with Crippen LogP contribution >= 0.6 is 0 Å². The molecule has 0 unspecified atom stereocenters. The van der Waals surface area contributed by atoms with E-state index < -0.39 is 6.03 Å². The number of carbonyl (C=O) groups is 1. The zero-order valence-corrected chi connectivity index (χ0v) is 3.56. The first-order chi connectivity index (χ1) is 3.31. The van der Waals surface area contributed by atoms with Gasteiger partial charge in [-0.25, -0.2) is 10.6 Å². The summed E-state index contributed by atoms with van der Waals surface area (Å²) in [5.74, 6) is 4.59. The van der Waals surface area contributed by atoms with E-state index in [1.165, 1.54) is 0 Å². The van der Waals surface area contributed by atoms with Crippen LogP contribution in [0.2, 0.25) is 0 Å². The summed E-state index contributed by atoms with van der Waals surface area (Å²) in [6.45, 7) is 0. The van der Waals surface area contributed by atoms with E-state index in [1.54, 1.807) is 5.43 Å². The van der Waals surface area contributed by atoms with Crippen LogP contribution in [0.25, 0.3) is 0 Å². The van der Waals surface area contributed by atoms with Crippen LogP contribution in [0, 0.1) is 5.41 Å². The molecular formula is C2H6N4O. The monoisotopic (exact) mass is 102 g/mol. The fraction of sp³-hybridized carbons (Fsp3) is 0. The SMILES string of the molecule is N=CNC(=O)NN. The maximum Gasteiger partial charge on any atom is 0.334 e. The van der Waals surface area contributed by atoms with Gasteiger partial charge in [-0.1, -0.05) is 0 Å². The molecule has 0 aromatic rings. The van der Waals surface area contributed by atoms with Gasteiger partial charge in [0.05, 0.1) is 6.34 Å². The maximum absolute atomic E-state index is 9.91. The van der Waals surface area contributed by atoms with Crippen molar-refractivity contribution in [3.63, 3.8) is 0 Å². The molecule has 2 amide bonds. The molecule has 0 aliphatic rings. The molecule has 0 aromatic heterocycles. The summed E-state index contributed by atoms with van der Waals surface area (Å²) in [6, 6.07) is -0.588. The minimum atomic E-state index is -0.588. The minimum absolute atomic E-state index is 0.588. The van der Waals surface area contributed by atoms with Crippen molar-refractivity contribution in [1.29, 1.82) is 5.41 Å². The van der Waals surface area contributed by atoms with E-state index in [-0.39, 0.29) is 0 Å². The predicted molar refractivity (Wildman–Crippen MR) is 24.6 cm³/mol. The number of hydrogen-bond acceptors (Lipinski definition) is 3. The van der Waals surface area contributed by atoms with Crippen LogP contribution in [0.15, 0.2) is 0 Å². The van der Waals surface area contributed by atoms with Crippen molar-refractivity contribution in [2.75, 3.05) is 0 Å². The highest BCUT2D eigenvalue weighted by Crippen LogP contribution is 1.48. The second kappa shape index (κ2) is 3.10. The van der Waals surface area contributed by atoms with Crippen LogP contribution in [0.1, 0.15) is 0 Å². The van der Waals surface area contributed by atoms with Crippen molar-refractivity contribution in [2.24, 2.45) is 5.84 Å². The van der Waals surface area contributed by atoms with Crippen molar-refractivity contribution in [1.82, 2.24) is 10.7 Å². The molecule has 5 nitrogen and oxygen atoms in total. The van der Waals surface area contributed by atoms with E-state index >= 15 is 0 Å². The zero-order valence-electron chi connectivity index (χ0n) is 3.56. The number of hydrazine groups is 1. The van der Waals surface area contributed by atoms with Gasteiger partial charge in [0.15, 0.2) is 0 Å². The largest absolute Gasteiger partial charge is 0.334 e. The molecule has 0 bridgehead atoms. The second-order valence-corrected chi connectivity index (χ2v) is 0.762. The van der Waals surface area contributed by atoms with Crippen molar-refractivity contribution < 1.29 is 4.79 Å². The molecule has 40 valence electrons. The van der Waals surface area contributed by atoms with Crippen molar-refractivity contribution >= 4 is 12.4 Å². The van der Waals surface area contributed by atoms with Crippen molar-refractivity contribution in [2.45, 2.75) is 0 Å². The Balaban J connectivity index is 3.17. The lowest BCUT2D eigenvalue weighted by atomic mass is 11.0. The number of nitrogens with two attached hydrogens (primary N) is 1. The second-order valence-electron chi connectivity index (χ2n) is 0.762. The van der Waals surface area contributed by atoms with Gasteiger partial charge >= 0.3 is 6.03 Å². The van der Waals surface area contributed by atoms with Gasteiger partial charge in [0.25, 0.3) is 0 Å². The highest BCUT2D eigenvalue weighted by atomic mass is 16.2. The van der Waals surface area contributed by atoms with Gasteiger partial charge in [0.2, 0.25) is 0 Å². The van der Waals surface area contributed by atoms with Crippen LogP contribution in [0.4, 0.5) is 4.79 Å². The average molecular weight is 102 g/mol. The van der Waals surface area contributed by atoms with Gasteiger partial charge in [-0.3, -0.25) is 16.2 Å². The van der Waals surface area contributed by atoms with Gasteiger partial charge in [-0.2, -0.15) is 0 Å². The summed E-state index contributed by atoms with van der Waals surface area (Å²) in [4.78, 5) is 9.91. The highest BCUT2D eigenvalue weighted by Gasteiger charge is 1.85. The summed E-state index contributed by atoms with van der Waals surface area (Å²) in [5, 5.41) is 8.25. The maximum atomic E-state index is 9.91. The van der Waals surface area contributed by atoms with E-state index in [9.17, 15) is 4.79 Å². The van der Waals surface area contributed by atoms with Crippen LogP contribution < -0.4 is 16.6 Å². The quantitative estimate of drug-likeness (QED) is 0.110. The van der Waals surface area contributed by atoms with Gasteiger partial charge in [0, 0.05) is 0 Å². The molecule has 0 spiro atoms. The first-order valence-electron chi connectivity index (χ1n) is 1.57. The lowest BCUT2D eigenvalue weighted by Crippen LogP contribution is -2.38. The Morgan fingerprint density at radius 3 is 2.57 bits per heavy atom. The third-order valence-corrected chi connectivity index (χ3v) is 0.334. The van der Waals surface area contributed by atoms with E-state index in [4.69, 9.17) is 5.41 Å². The van der Waals surface area contributed by atoms with Crippen LogP contribution in [0.5, 0.6) is 0 Å². The normalized spacial score (nSPS) is 7.00. The highest BCUT2D eigenvalue weighted by molar-refractivity contribution is 5.84. The fourth-order valence-corrected chi connectivity index (χ4v) is 0.107. The number of carbonyl (C=O) groups excluding carboxylic acids is 1. The third kappa shape index (κ3) is 2.71. The molecule has 0 aromatic carbocycles. The van der Waals surface area contributed by atoms with E-state index in [1.807, 2.05) is 5.32 Å². The van der Waals surface area contributed by atoms with Crippen LogP contribution in [-0.2, 0) is 0 Å². The predicted octanol–water partition coefficient (Wildman–Crippen LogP) is -1.23. The Morgan fingerprint density at radius 1 is 1.86 bits per heavy atom. The molecule has 7 heavy (non-hydrogen) atoms. The number of hydrogen-bond donors (Lipinski definition) is 4. The van der Waals surface area contributed by atoms with Crippen molar-refractivity contribution in [3.8, 4) is 0 Å². The Bertz CT molecular complexity index is 79.8. The molecule has 0 atom stereocenters. The van der Waals surface area contributed by atoms with E-state index in [2.05, 4.69) is 5.84 Å². The lowest BCUT2D eigenvalue weighted by molar-refractivity contribution is 0.246. The smallest absolute Gasteiger partial charge is 0.298 e. The van der Waals surface area contributed by atoms with Gasteiger partial charge in [-0.05, 0) is 0 Å². The van der Waals surface area contributed by atoms with Gasteiger partial charge in [-0.15, -0.1) is 0 Å². The molecule has 0 aliphatic carbocycles. The summed E-state index contributed by atoms with van der Waals surface area (Å²) in [6.07, 6.45) is 0.738. The molecule has 0 saturated heterocycles. The van der Waals surface area contributed by atoms with Gasteiger partial charge in [0.1, 0.15) is 0 Å². The Morgan fingerprint density at radius 2 is 2.43 bits per heavy atom. The standard InChI is InChI=1S/C2H6N4O/c3-1-5-2(7)6-4/h1H,4H2,(H3,3,5,6,7). The molecule has 0 radical (unpaired) electrons. The number of amides is 2. The summed E-state index contributed by atoms with van der Waals surface area (Å²) < 4.78 is 0. The molecule has 0 rings (SSSR count). The Labute approximate surface area is 40.4 Å². The molecule has 0 fully saturated rings. The number of rotatable bonds is 1. The fourth-order valence-electron chi connectivity index (χ4n) is 0.107. The van der Waals surface area contributed by atoms with Crippen molar-refractivity contribution in [3.05, 3.63) is 0 Å². The third-order valence-electron chi connectivity index (χ3n) is 0.334. The molecule has 5 heteroatoms. The summed E-state index contributed by atoms with van der Waals surface area (Å²) >= 11 is 0.